The van der Waals surface area contributed by atoms with Gasteiger partial charge in [-0.05, 0) is 90.8 Å². The number of hydrogen-bond acceptors (Lipinski definition) is 31. The van der Waals surface area contributed by atoms with E-state index in [2.05, 4.69) is 197 Å². The number of carbonyl (C=O) groups excluding carboxylic acids is 3. The smallest absolute Gasteiger partial charge is 0.352 e. The second-order valence-corrected chi connectivity index (χ2v) is 61.9. The summed E-state index contributed by atoms with van der Waals surface area (Å²) in [5.41, 5.74) is 10.00. The van der Waals surface area contributed by atoms with Gasteiger partial charge in [0.25, 0.3) is 0 Å². The number of carbonyl (C=O) groups is 3. The summed E-state index contributed by atoms with van der Waals surface area (Å²) in [6.45, 7) is 53.7. The third kappa shape index (κ3) is 20.3. The van der Waals surface area contributed by atoms with Crippen LogP contribution in [0.5, 0.6) is 0 Å². The van der Waals surface area contributed by atoms with E-state index in [1.165, 1.54) is 72.0 Å². The topological polar surface area (TPSA) is 488 Å². The van der Waals surface area contributed by atoms with Gasteiger partial charge >= 0.3 is 74.1 Å². The zero-order chi connectivity index (χ0) is 89.2. The van der Waals surface area contributed by atoms with Crippen LogP contribution in [0, 0.1) is 0 Å². The minimum Gasteiger partial charge on any atom is -0.414 e. The summed E-state index contributed by atoms with van der Waals surface area (Å²) in [5, 5.41) is 55.7. The molecule has 0 unspecified atom stereocenters. The molecule has 7 saturated heterocycles. The van der Waals surface area contributed by atoms with Crippen molar-refractivity contribution in [2.75, 3.05) is 48.5 Å². The maximum absolute atomic E-state index is 13.6. The van der Waals surface area contributed by atoms with Crippen molar-refractivity contribution in [3.05, 3.63) is 91.0 Å². The van der Waals surface area contributed by atoms with Crippen LogP contribution in [0.1, 0.15) is 205 Å². The summed E-state index contributed by atoms with van der Waals surface area (Å²) >= 11 is 0. The Hall–Kier alpha value is -5.69. The van der Waals surface area contributed by atoms with Crippen LogP contribution in [-0.2, 0) is 72.2 Å². The molecule has 7 fully saturated rings. The molecule has 37 nitrogen and oxygen atoms in total. The Morgan fingerprint density at radius 2 is 0.697 bits per heavy atom. The van der Waals surface area contributed by atoms with E-state index in [0.717, 1.165) is 9.13 Å². The Morgan fingerprint density at radius 1 is 0.403 bits per heavy atom. The number of ketones is 1. The van der Waals surface area contributed by atoms with Gasteiger partial charge in [-0.3, -0.25) is 32.7 Å². The second kappa shape index (κ2) is 39.7. The molecule has 11 rings (SSSR count). The van der Waals surface area contributed by atoms with Crippen molar-refractivity contribution in [2.45, 2.75) is 339 Å². The first-order valence-corrected chi connectivity index (χ1v) is 53.2. The minimum atomic E-state index is -2.99. The predicted octanol–water partition coefficient (Wildman–Crippen LogP) is 7.52. The fourth-order valence-electron chi connectivity index (χ4n) is 17.0. The standard InChI is InChI=1S/C23H41N3O7Si2.C23H39N3O7Si2.C21H39N3O6Si2.C9H13N3O5/c2*1-13(2)34(14(3)4)30-12-18-21(32-35(33-34,15(5)6)16(7)8)20(28)22(31-18)26-11-10-19(24-17(9)27)25-23(26)29;1-12(2)31(13(3)4)27-11-16-19(29-32(30-31,14(5)6)15(7)8)18(25)20(28-16)24-10-9-17(22)23-21(24)26;10-5-1-2-12(9(16)11-5)8-7(15)6(14)4(3-13)17-8/h10-11,13-16,18,20-22,28H,12H2,1-9H3,(H,24,25,27,29);10-11,13-16,18,21-22H,12H2,1-9H3,(H,24,25,27,29);9-10,12-16,18-20,25H,11H2,1-8H3,(H2,22,23,26);1-2,4,6-8,13-15H,3H2,(H2,10,11,16)/t18-,20-,21-,22-;18-,21-,22-;16-,18-,19-,20-;4-,6-,7-,8-/m1111/s1. The van der Waals surface area contributed by atoms with E-state index in [1.807, 2.05) is 0 Å². The molecule has 4 aromatic rings. The van der Waals surface area contributed by atoms with Gasteiger partial charge in [0.2, 0.25) is 23.8 Å². The molecule has 0 spiro atoms. The van der Waals surface area contributed by atoms with E-state index in [-0.39, 0.29) is 127 Å². The number of aliphatic hydroxyl groups is 5. The van der Waals surface area contributed by atoms with Crippen molar-refractivity contribution in [1.29, 1.82) is 0 Å². The van der Waals surface area contributed by atoms with Crippen molar-refractivity contribution in [3.8, 4) is 0 Å². The maximum atomic E-state index is 13.6. The van der Waals surface area contributed by atoms with E-state index in [4.69, 9.17) is 74.4 Å². The molecule has 2 amide bonds. The van der Waals surface area contributed by atoms with Gasteiger partial charge in [-0.2, -0.15) is 19.9 Å². The lowest BCUT2D eigenvalue weighted by atomic mass is 10.1. The fraction of sp³-hybridized carbons (Fsp3) is 0.750. The largest absolute Gasteiger partial charge is 0.414 e. The fourth-order valence-corrected chi connectivity index (χ4v) is 50.6. The molecule has 670 valence electrons. The van der Waals surface area contributed by atoms with Crippen molar-refractivity contribution in [2.24, 2.45) is 0 Å². The van der Waals surface area contributed by atoms with Crippen LogP contribution in [-0.4, -0.2) is 226 Å². The van der Waals surface area contributed by atoms with Gasteiger partial charge in [0.1, 0.15) is 90.4 Å². The molecule has 119 heavy (non-hydrogen) atoms. The summed E-state index contributed by atoms with van der Waals surface area (Å²) in [7, 11) is -17.0. The highest BCUT2D eigenvalue weighted by molar-refractivity contribution is 6.85. The average molecular weight is 1780 g/mol. The molecular formula is C76H132N12O25Si6. The van der Waals surface area contributed by atoms with Crippen LogP contribution >= 0.6 is 0 Å². The number of hydrogen-bond donors (Lipinski definition) is 9. The molecule has 0 bridgehead atoms. The summed E-state index contributed by atoms with van der Waals surface area (Å²) in [5.74, 6) is -0.618. The summed E-state index contributed by atoms with van der Waals surface area (Å²) in [6.07, 6.45) is -8.34. The van der Waals surface area contributed by atoms with Gasteiger partial charge < -0.3 is 105 Å². The number of nitrogens with zero attached hydrogens (tertiary/aromatic N) is 8. The van der Waals surface area contributed by atoms with Crippen LogP contribution in [0.25, 0.3) is 0 Å². The third-order valence-corrected chi connectivity index (χ3v) is 54.1. The predicted molar refractivity (Wildman–Crippen MR) is 455 cm³/mol. The number of nitrogens with two attached hydrogens (primary N) is 2. The Bertz CT molecular complexity index is 4310. The van der Waals surface area contributed by atoms with E-state index in [9.17, 15) is 54.0 Å². The van der Waals surface area contributed by atoms with Crippen LogP contribution < -0.4 is 44.9 Å². The molecule has 0 aliphatic carbocycles. The number of rotatable bonds is 19. The van der Waals surface area contributed by atoms with Gasteiger partial charge in [0.05, 0.1) is 26.4 Å². The zero-order valence-electron chi connectivity index (χ0n) is 73.7. The van der Waals surface area contributed by atoms with Gasteiger partial charge in [-0.15, -0.1) is 0 Å². The lowest BCUT2D eigenvalue weighted by molar-refractivity contribution is -0.130. The SMILES string of the molecule is CC(=O)Nc1ccn([C@@H]2O[C@@H]3CO[Si](C(C)C)(C(C)C)O[Si](C(C)C)(C(C)C)O[C@H]3C2=O)c(=O)n1.CC(=O)Nc1ccn([C@@H]2O[C@@H]3CO[Si](C(C)C)(C(C)C)O[Si](C(C)C)(C(C)C)O[C@H]3[C@H]2O)c(=O)n1.CC(C)[Si]1(C(C)C)OC[C@H]2O[C@@H](n3ccc(N)nc3=O)[C@H](O)[C@@H]2O[Si](C(C)C)(C(C)C)O1.Nc1ccn([C@@H]2O[C@H](CO)[C@@H](O)[C@H]2O)c(=O)n1. The minimum absolute atomic E-state index is 0.0537. The summed E-state index contributed by atoms with van der Waals surface area (Å²) in [6, 6.07) is 5.83. The number of nitrogen functional groups attached to an aromatic ring is 2. The molecule has 4 aromatic heterocycles. The molecule has 7 aliphatic heterocycles. The number of anilines is 4. The average Bonchev–Trinajstić information content (AvgIpc) is 1.58. The van der Waals surface area contributed by atoms with Crippen LogP contribution in [0.15, 0.2) is 68.2 Å². The van der Waals surface area contributed by atoms with E-state index in [1.54, 1.807) is 0 Å². The lowest BCUT2D eigenvalue weighted by Crippen LogP contribution is -2.65. The molecular weight excluding hydrogens is 1650 g/mol. The maximum Gasteiger partial charge on any atom is 0.352 e. The van der Waals surface area contributed by atoms with E-state index < -0.39 is 173 Å². The summed E-state index contributed by atoms with van der Waals surface area (Å²) in [4.78, 5) is 101. The Morgan fingerprint density at radius 3 is 0.992 bits per heavy atom. The van der Waals surface area contributed by atoms with Crippen molar-refractivity contribution >= 4 is 92.2 Å². The number of ether oxygens (including phenoxy) is 4. The monoisotopic (exact) mass is 1780 g/mol. The molecule has 7 aliphatic rings. The number of aliphatic hydroxyl groups excluding tert-OH is 5. The van der Waals surface area contributed by atoms with Crippen molar-refractivity contribution < 1.29 is 97.8 Å². The van der Waals surface area contributed by atoms with Gasteiger partial charge in [0.15, 0.2) is 18.7 Å². The molecule has 15 atom stereocenters. The van der Waals surface area contributed by atoms with Gasteiger partial charge in [-0.1, -0.05) is 166 Å². The first kappa shape index (κ1) is 98.7. The van der Waals surface area contributed by atoms with Crippen LogP contribution in [0.3, 0.4) is 0 Å². The molecule has 0 saturated carbocycles. The molecule has 11 N–H and O–H groups in total. The van der Waals surface area contributed by atoms with Gasteiger partial charge in [-0.25, -0.2) is 19.2 Å². The number of aromatic nitrogens is 8. The first-order chi connectivity index (χ1) is 55.4. The highest BCUT2D eigenvalue weighted by atomic mass is 28.5. The van der Waals surface area contributed by atoms with E-state index >= 15 is 0 Å². The first-order valence-electron chi connectivity index (χ1n) is 41.4. The van der Waals surface area contributed by atoms with Crippen molar-refractivity contribution in [3.63, 3.8) is 0 Å². The molecule has 11 heterocycles. The number of nitrogens with one attached hydrogen (secondary N) is 2. The van der Waals surface area contributed by atoms with Crippen LogP contribution in [0.4, 0.5) is 23.3 Å². The highest BCUT2D eigenvalue weighted by Crippen LogP contribution is 2.52. The van der Waals surface area contributed by atoms with Crippen LogP contribution in [0.2, 0.25) is 66.5 Å². The third-order valence-electron chi connectivity index (χ3n) is 23.3. The lowest BCUT2D eigenvalue weighted by Gasteiger charge is -2.51. The Balaban J connectivity index is 0.000000203. The molecule has 0 radical (unpaired) electrons. The number of Topliss-reactive ketones (excluding diaryl/α,β-unsaturated/α-hetero) is 1. The van der Waals surface area contributed by atoms with E-state index in [0.29, 0.717) is 0 Å². The zero-order valence-corrected chi connectivity index (χ0v) is 79.7. The normalized spacial score (nSPS) is 28.8. The molecule has 0 aromatic carbocycles. The number of amides is 2. The Labute approximate surface area is 702 Å². The summed E-state index contributed by atoms with van der Waals surface area (Å²) < 4.78 is 90.2. The Kier molecular flexibility index (Phi) is 32.9. The second-order valence-electron chi connectivity index (χ2n) is 35.3. The van der Waals surface area contributed by atoms with Crippen molar-refractivity contribution in [1.82, 2.24) is 38.2 Å². The van der Waals surface area contributed by atoms with Gasteiger partial charge in [0, 0.05) is 38.6 Å². The highest BCUT2D eigenvalue weighted by Gasteiger charge is 2.66. The number of fused-ring (bicyclic) bond motifs is 3. The molecule has 43 heteroatoms. The quantitative estimate of drug-likeness (QED) is 0.0410.